The van der Waals surface area contributed by atoms with Crippen LogP contribution in [0.15, 0.2) is 18.2 Å². The highest BCUT2D eigenvalue weighted by molar-refractivity contribution is 5.77. The van der Waals surface area contributed by atoms with Crippen LogP contribution in [0, 0.1) is 13.8 Å². The lowest BCUT2D eigenvalue weighted by atomic mass is 10.1. The molecule has 5 heteroatoms. The molecule has 22 heavy (non-hydrogen) atoms. The number of ether oxygens (including phenoxy) is 2. The molecule has 0 bridgehead atoms. The average Bonchev–Trinajstić information content (AvgIpc) is 2.49. The van der Waals surface area contributed by atoms with Gasteiger partial charge in [-0.25, -0.2) is 0 Å². The summed E-state index contributed by atoms with van der Waals surface area (Å²) in [5, 5.41) is 2.81. The van der Waals surface area contributed by atoms with Crippen molar-refractivity contribution in [1.82, 2.24) is 5.32 Å². The molecule has 0 unspecified atom stereocenters. The number of hydrogen-bond acceptors (Lipinski definition) is 4. The molecule has 0 radical (unpaired) electrons. The van der Waals surface area contributed by atoms with E-state index in [1.807, 2.05) is 32.0 Å². The van der Waals surface area contributed by atoms with Crippen LogP contribution < -0.4 is 10.1 Å². The smallest absolute Gasteiger partial charge is 0.305 e. The fourth-order valence-electron chi connectivity index (χ4n) is 2.06. The van der Waals surface area contributed by atoms with Crippen molar-refractivity contribution in [2.45, 2.75) is 39.5 Å². The maximum absolute atomic E-state index is 11.7. The van der Waals surface area contributed by atoms with Crippen LogP contribution in [0.5, 0.6) is 5.75 Å². The number of methoxy groups -OCH3 is 1. The third-order valence-corrected chi connectivity index (χ3v) is 3.30. The van der Waals surface area contributed by atoms with E-state index in [4.69, 9.17) is 4.74 Å². The van der Waals surface area contributed by atoms with E-state index in [0.29, 0.717) is 13.0 Å². The van der Waals surface area contributed by atoms with Gasteiger partial charge in [0.1, 0.15) is 5.75 Å². The number of rotatable bonds is 9. The molecule has 5 nitrogen and oxygen atoms in total. The summed E-state index contributed by atoms with van der Waals surface area (Å²) in [5.41, 5.74) is 2.19. The number of carbonyl (C=O) groups excluding carboxylic acids is 2. The summed E-state index contributed by atoms with van der Waals surface area (Å²) in [6.07, 6.45) is 2.93. The van der Waals surface area contributed by atoms with E-state index in [2.05, 4.69) is 10.1 Å². The van der Waals surface area contributed by atoms with E-state index in [1.54, 1.807) is 0 Å². The summed E-state index contributed by atoms with van der Waals surface area (Å²) < 4.78 is 10.1. The summed E-state index contributed by atoms with van der Waals surface area (Å²) >= 11 is 0. The van der Waals surface area contributed by atoms with Crippen molar-refractivity contribution < 1.29 is 19.1 Å². The van der Waals surface area contributed by atoms with Crippen molar-refractivity contribution in [2.75, 3.05) is 20.3 Å². The number of unbranched alkanes of at least 4 members (excludes halogenated alkanes) is 2. The third-order valence-electron chi connectivity index (χ3n) is 3.30. The Morgan fingerprint density at radius 2 is 1.91 bits per heavy atom. The second kappa shape index (κ2) is 9.82. The number of amides is 1. The van der Waals surface area contributed by atoms with Crippen molar-refractivity contribution in [2.24, 2.45) is 0 Å². The zero-order valence-corrected chi connectivity index (χ0v) is 13.6. The molecule has 1 rings (SSSR count). The zero-order chi connectivity index (χ0) is 16.4. The van der Waals surface area contributed by atoms with Gasteiger partial charge in [-0.3, -0.25) is 9.59 Å². The molecule has 0 saturated heterocycles. The van der Waals surface area contributed by atoms with E-state index in [1.165, 1.54) is 12.7 Å². The molecule has 1 N–H and O–H groups in total. The molecule has 1 aromatic rings. The zero-order valence-electron chi connectivity index (χ0n) is 13.6. The van der Waals surface area contributed by atoms with Crippen molar-refractivity contribution in [3.05, 3.63) is 29.3 Å². The molecule has 0 atom stereocenters. The normalized spacial score (nSPS) is 10.1. The lowest BCUT2D eigenvalue weighted by Crippen LogP contribution is -2.29. The molecule has 1 aromatic carbocycles. The number of hydrogen-bond donors (Lipinski definition) is 1. The fraction of sp³-hybridized carbons (Fsp3) is 0.529. The average molecular weight is 307 g/mol. The molecule has 0 aliphatic rings. The lowest BCUT2D eigenvalue weighted by Gasteiger charge is -2.10. The molecular weight excluding hydrogens is 282 g/mol. The molecule has 0 spiro atoms. The molecule has 0 fully saturated rings. The van der Waals surface area contributed by atoms with Gasteiger partial charge in [0.2, 0.25) is 0 Å². The molecule has 0 aromatic heterocycles. The first-order chi connectivity index (χ1) is 10.5. The molecule has 0 saturated carbocycles. The van der Waals surface area contributed by atoms with Crippen LogP contribution in [0.3, 0.4) is 0 Å². The monoisotopic (exact) mass is 307 g/mol. The minimum atomic E-state index is -0.189. The standard InChI is InChI=1S/C17H25NO4/c1-13-8-9-15(14(2)11-13)22-12-16(19)18-10-6-4-5-7-17(20)21-3/h8-9,11H,4-7,10,12H2,1-3H3,(H,18,19). The van der Waals surface area contributed by atoms with Crippen LogP contribution in [0.1, 0.15) is 36.8 Å². The van der Waals surface area contributed by atoms with Crippen LogP contribution in [-0.2, 0) is 14.3 Å². The van der Waals surface area contributed by atoms with Crippen LogP contribution in [0.2, 0.25) is 0 Å². The van der Waals surface area contributed by atoms with E-state index < -0.39 is 0 Å². The maximum atomic E-state index is 11.7. The van der Waals surface area contributed by atoms with Gasteiger partial charge >= 0.3 is 5.97 Å². The number of carbonyl (C=O) groups is 2. The highest BCUT2D eigenvalue weighted by Gasteiger charge is 2.05. The van der Waals surface area contributed by atoms with Gasteiger partial charge in [-0.05, 0) is 38.3 Å². The van der Waals surface area contributed by atoms with Gasteiger partial charge in [0.25, 0.3) is 5.91 Å². The summed E-state index contributed by atoms with van der Waals surface area (Å²) in [5.74, 6) is 0.415. The largest absolute Gasteiger partial charge is 0.484 e. The Hall–Kier alpha value is -2.04. The van der Waals surface area contributed by atoms with E-state index >= 15 is 0 Å². The first-order valence-corrected chi connectivity index (χ1v) is 7.56. The molecule has 0 aliphatic heterocycles. The van der Waals surface area contributed by atoms with E-state index in [9.17, 15) is 9.59 Å². The Balaban J connectivity index is 2.12. The Morgan fingerprint density at radius 1 is 1.14 bits per heavy atom. The number of esters is 1. The molecule has 0 aliphatic carbocycles. The van der Waals surface area contributed by atoms with Crippen LogP contribution >= 0.6 is 0 Å². The van der Waals surface area contributed by atoms with Crippen molar-refractivity contribution in [3.63, 3.8) is 0 Å². The quantitative estimate of drug-likeness (QED) is 0.562. The van der Waals surface area contributed by atoms with E-state index in [0.717, 1.165) is 30.6 Å². The lowest BCUT2D eigenvalue weighted by molar-refractivity contribution is -0.140. The first kappa shape index (κ1) is 18.0. The minimum absolute atomic E-state index is 0.0199. The molecule has 122 valence electrons. The minimum Gasteiger partial charge on any atom is -0.484 e. The Bertz CT molecular complexity index is 499. The SMILES string of the molecule is COC(=O)CCCCCNC(=O)COc1ccc(C)cc1C. The van der Waals surface area contributed by atoms with Gasteiger partial charge in [-0.15, -0.1) is 0 Å². The van der Waals surface area contributed by atoms with Gasteiger partial charge < -0.3 is 14.8 Å². The van der Waals surface area contributed by atoms with Crippen molar-refractivity contribution in [3.8, 4) is 5.75 Å². The summed E-state index contributed by atoms with van der Waals surface area (Å²) in [6, 6.07) is 5.86. The number of aryl methyl sites for hydroxylation is 2. The van der Waals surface area contributed by atoms with E-state index in [-0.39, 0.29) is 18.5 Å². The van der Waals surface area contributed by atoms with Crippen molar-refractivity contribution in [1.29, 1.82) is 0 Å². The molecular formula is C17H25NO4. The first-order valence-electron chi connectivity index (χ1n) is 7.56. The van der Waals surface area contributed by atoms with Crippen LogP contribution in [0.25, 0.3) is 0 Å². The number of benzene rings is 1. The van der Waals surface area contributed by atoms with Crippen LogP contribution in [0.4, 0.5) is 0 Å². The van der Waals surface area contributed by atoms with Crippen LogP contribution in [-0.4, -0.2) is 32.1 Å². The second-order valence-electron chi connectivity index (χ2n) is 5.29. The maximum Gasteiger partial charge on any atom is 0.305 e. The van der Waals surface area contributed by atoms with Gasteiger partial charge in [-0.2, -0.15) is 0 Å². The van der Waals surface area contributed by atoms with Gasteiger partial charge in [-0.1, -0.05) is 24.1 Å². The topological polar surface area (TPSA) is 64.6 Å². The summed E-state index contributed by atoms with van der Waals surface area (Å²) in [6.45, 7) is 4.59. The molecule has 1 amide bonds. The van der Waals surface area contributed by atoms with Crippen molar-refractivity contribution >= 4 is 11.9 Å². The predicted octanol–water partition coefficient (Wildman–Crippen LogP) is 2.53. The fourth-order valence-corrected chi connectivity index (χ4v) is 2.06. The Morgan fingerprint density at radius 3 is 2.59 bits per heavy atom. The van der Waals surface area contributed by atoms with Gasteiger partial charge in [0, 0.05) is 13.0 Å². The molecule has 0 heterocycles. The van der Waals surface area contributed by atoms with Gasteiger partial charge in [0.15, 0.2) is 6.61 Å². The predicted molar refractivity (Wildman–Crippen MR) is 84.9 cm³/mol. The highest BCUT2D eigenvalue weighted by atomic mass is 16.5. The Kier molecular flexibility index (Phi) is 8.04. The highest BCUT2D eigenvalue weighted by Crippen LogP contribution is 2.18. The third kappa shape index (κ3) is 7.11. The van der Waals surface area contributed by atoms with Gasteiger partial charge in [0.05, 0.1) is 7.11 Å². The summed E-state index contributed by atoms with van der Waals surface area (Å²) in [7, 11) is 1.39. The second-order valence-corrected chi connectivity index (χ2v) is 5.29. The Labute approximate surface area is 132 Å². The summed E-state index contributed by atoms with van der Waals surface area (Å²) in [4.78, 5) is 22.6. The number of nitrogens with one attached hydrogen (secondary N) is 1.